The van der Waals surface area contributed by atoms with Crippen LogP contribution in [0.1, 0.15) is 46.0 Å². The van der Waals surface area contributed by atoms with E-state index in [2.05, 4.69) is 5.32 Å². The van der Waals surface area contributed by atoms with E-state index in [1.165, 1.54) is 0 Å². The Morgan fingerprint density at radius 2 is 1.59 bits per heavy atom. The van der Waals surface area contributed by atoms with E-state index in [9.17, 15) is 9.59 Å². The number of likely N-dealkylation sites (tertiary alicyclic amines) is 1. The highest BCUT2D eigenvalue weighted by Gasteiger charge is 2.24. The molecule has 0 spiro atoms. The van der Waals surface area contributed by atoms with Crippen LogP contribution in [0, 0.1) is 6.92 Å². The lowest BCUT2D eigenvalue weighted by Crippen LogP contribution is -2.46. The van der Waals surface area contributed by atoms with Crippen LogP contribution in [0.3, 0.4) is 0 Å². The van der Waals surface area contributed by atoms with Crippen LogP contribution in [0.15, 0.2) is 48.5 Å². The highest BCUT2D eigenvalue weighted by atomic mass is 16.5. The van der Waals surface area contributed by atoms with Gasteiger partial charge < -0.3 is 15.0 Å². The van der Waals surface area contributed by atoms with Crippen LogP contribution in [-0.2, 0) is 0 Å². The maximum absolute atomic E-state index is 12.6. The number of aryl methyl sites for hydroxylation is 1. The third-order valence-electron chi connectivity index (χ3n) is 4.84. The first-order chi connectivity index (χ1) is 13.1. The smallest absolute Gasteiger partial charge is 0.253 e. The van der Waals surface area contributed by atoms with Gasteiger partial charge in [0.1, 0.15) is 5.75 Å². The first-order valence-corrected chi connectivity index (χ1v) is 9.46. The Morgan fingerprint density at radius 1 is 1.00 bits per heavy atom. The van der Waals surface area contributed by atoms with Crippen LogP contribution in [0.25, 0.3) is 0 Å². The van der Waals surface area contributed by atoms with Crippen molar-refractivity contribution in [3.8, 4) is 5.75 Å². The number of nitrogens with one attached hydrogen (secondary N) is 1. The van der Waals surface area contributed by atoms with E-state index in [0.29, 0.717) is 30.8 Å². The van der Waals surface area contributed by atoms with Crippen LogP contribution in [0.4, 0.5) is 0 Å². The number of piperidine rings is 1. The SMILES string of the molecule is CCOc1ccc(C(=O)N2CCC(NC(=O)c3ccc(C)cc3)CC2)cc1. The highest BCUT2D eigenvalue weighted by Crippen LogP contribution is 2.17. The number of nitrogens with zero attached hydrogens (tertiary/aromatic N) is 1. The minimum atomic E-state index is -0.0497. The highest BCUT2D eigenvalue weighted by molar-refractivity contribution is 5.95. The summed E-state index contributed by atoms with van der Waals surface area (Å²) in [4.78, 5) is 26.8. The van der Waals surface area contributed by atoms with Gasteiger partial charge in [-0.15, -0.1) is 0 Å². The van der Waals surface area contributed by atoms with Gasteiger partial charge in [0.05, 0.1) is 6.61 Å². The molecule has 2 aromatic carbocycles. The van der Waals surface area contributed by atoms with E-state index >= 15 is 0 Å². The molecule has 1 aliphatic rings. The van der Waals surface area contributed by atoms with Crippen molar-refractivity contribution >= 4 is 11.8 Å². The molecule has 1 aliphatic heterocycles. The van der Waals surface area contributed by atoms with Crippen molar-refractivity contribution in [2.75, 3.05) is 19.7 Å². The second kappa shape index (κ2) is 8.71. The summed E-state index contributed by atoms with van der Waals surface area (Å²) in [6.45, 7) is 5.82. The fourth-order valence-electron chi connectivity index (χ4n) is 3.24. The topological polar surface area (TPSA) is 58.6 Å². The molecule has 0 atom stereocenters. The fourth-order valence-corrected chi connectivity index (χ4v) is 3.24. The van der Waals surface area contributed by atoms with Crippen LogP contribution in [-0.4, -0.2) is 42.5 Å². The molecule has 1 heterocycles. The van der Waals surface area contributed by atoms with Gasteiger partial charge in [-0.25, -0.2) is 0 Å². The Hall–Kier alpha value is -2.82. The number of benzene rings is 2. The molecule has 2 amide bonds. The summed E-state index contributed by atoms with van der Waals surface area (Å²) in [5.41, 5.74) is 2.47. The lowest BCUT2D eigenvalue weighted by atomic mass is 10.0. The van der Waals surface area contributed by atoms with Crippen molar-refractivity contribution in [3.05, 3.63) is 65.2 Å². The standard InChI is InChI=1S/C22H26N2O3/c1-3-27-20-10-8-18(9-11-20)22(26)24-14-12-19(13-15-24)23-21(25)17-6-4-16(2)5-7-17/h4-11,19H,3,12-15H2,1-2H3,(H,23,25). The molecule has 5 nitrogen and oxygen atoms in total. The number of carbonyl (C=O) groups excluding carboxylic acids is 2. The number of hydrogen-bond donors (Lipinski definition) is 1. The van der Waals surface area contributed by atoms with Gasteiger partial charge in [0, 0.05) is 30.3 Å². The van der Waals surface area contributed by atoms with Gasteiger partial charge in [-0.2, -0.15) is 0 Å². The zero-order valence-corrected chi connectivity index (χ0v) is 15.9. The van der Waals surface area contributed by atoms with E-state index in [1.807, 2.05) is 55.1 Å². The van der Waals surface area contributed by atoms with Gasteiger partial charge in [-0.3, -0.25) is 9.59 Å². The van der Waals surface area contributed by atoms with Crippen molar-refractivity contribution in [3.63, 3.8) is 0 Å². The molecule has 0 saturated carbocycles. The van der Waals surface area contributed by atoms with Crippen molar-refractivity contribution < 1.29 is 14.3 Å². The molecule has 2 aromatic rings. The Balaban J connectivity index is 1.51. The first kappa shape index (κ1) is 19.0. The lowest BCUT2D eigenvalue weighted by Gasteiger charge is -2.32. The molecule has 1 N–H and O–H groups in total. The van der Waals surface area contributed by atoms with Crippen LogP contribution in [0.2, 0.25) is 0 Å². The summed E-state index contributed by atoms with van der Waals surface area (Å²) < 4.78 is 5.41. The van der Waals surface area contributed by atoms with Gasteiger partial charge in [0.15, 0.2) is 0 Å². The Labute approximate surface area is 160 Å². The van der Waals surface area contributed by atoms with E-state index in [4.69, 9.17) is 4.74 Å². The van der Waals surface area contributed by atoms with Crippen molar-refractivity contribution in [2.24, 2.45) is 0 Å². The number of amides is 2. The van der Waals surface area contributed by atoms with E-state index in [1.54, 1.807) is 12.1 Å². The molecule has 0 unspecified atom stereocenters. The molecule has 5 heteroatoms. The fraction of sp³-hybridized carbons (Fsp3) is 0.364. The molecule has 0 bridgehead atoms. The third-order valence-corrected chi connectivity index (χ3v) is 4.84. The molecule has 142 valence electrons. The van der Waals surface area contributed by atoms with E-state index in [-0.39, 0.29) is 17.9 Å². The van der Waals surface area contributed by atoms with E-state index < -0.39 is 0 Å². The predicted octanol–water partition coefficient (Wildman–Crippen LogP) is 3.43. The monoisotopic (exact) mass is 366 g/mol. The molecule has 0 aliphatic carbocycles. The zero-order valence-electron chi connectivity index (χ0n) is 15.9. The molecule has 3 rings (SSSR count). The first-order valence-electron chi connectivity index (χ1n) is 9.46. The summed E-state index contributed by atoms with van der Waals surface area (Å²) in [7, 11) is 0. The third kappa shape index (κ3) is 4.88. The van der Waals surface area contributed by atoms with Crippen LogP contribution in [0.5, 0.6) is 5.75 Å². The predicted molar refractivity (Wildman–Crippen MR) is 105 cm³/mol. The second-order valence-electron chi connectivity index (χ2n) is 6.86. The number of rotatable bonds is 5. The normalized spacial score (nSPS) is 14.7. The lowest BCUT2D eigenvalue weighted by molar-refractivity contribution is 0.0698. The Kier molecular flexibility index (Phi) is 6.12. The summed E-state index contributed by atoms with van der Waals surface area (Å²) in [5, 5.41) is 3.08. The molecular formula is C22H26N2O3. The average Bonchev–Trinajstić information content (AvgIpc) is 2.69. The minimum Gasteiger partial charge on any atom is -0.494 e. The molecular weight excluding hydrogens is 340 g/mol. The number of ether oxygens (including phenoxy) is 1. The van der Waals surface area contributed by atoms with E-state index in [0.717, 1.165) is 24.2 Å². The van der Waals surface area contributed by atoms with Gasteiger partial charge >= 0.3 is 0 Å². The van der Waals surface area contributed by atoms with Gasteiger partial charge in [0.25, 0.3) is 11.8 Å². The van der Waals surface area contributed by atoms with Gasteiger partial charge in [-0.1, -0.05) is 17.7 Å². The molecule has 1 fully saturated rings. The molecule has 1 saturated heterocycles. The minimum absolute atomic E-state index is 0.0290. The largest absolute Gasteiger partial charge is 0.494 e. The Bertz CT molecular complexity index is 776. The van der Waals surface area contributed by atoms with Crippen molar-refractivity contribution in [2.45, 2.75) is 32.7 Å². The molecule has 0 radical (unpaired) electrons. The Morgan fingerprint density at radius 3 is 2.19 bits per heavy atom. The maximum Gasteiger partial charge on any atom is 0.253 e. The van der Waals surface area contributed by atoms with Crippen LogP contribution < -0.4 is 10.1 Å². The average molecular weight is 366 g/mol. The number of hydrogen-bond acceptors (Lipinski definition) is 3. The van der Waals surface area contributed by atoms with Gasteiger partial charge in [-0.05, 0) is 63.1 Å². The summed E-state index contributed by atoms with van der Waals surface area (Å²) in [6.07, 6.45) is 1.53. The number of carbonyl (C=O) groups is 2. The maximum atomic E-state index is 12.6. The summed E-state index contributed by atoms with van der Waals surface area (Å²) in [5.74, 6) is 0.749. The zero-order chi connectivity index (χ0) is 19.2. The van der Waals surface area contributed by atoms with Gasteiger partial charge in [0.2, 0.25) is 0 Å². The molecule has 0 aromatic heterocycles. The summed E-state index contributed by atoms with van der Waals surface area (Å²) in [6, 6.07) is 14.9. The summed E-state index contributed by atoms with van der Waals surface area (Å²) >= 11 is 0. The molecule has 27 heavy (non-hydrogen) atoms. The quantitative estimate of drug-likeness (QED) is 0.882. The van der Waals surface area contributed by atoms with Crippen molar-refractivity contribution in [1.82, 2.24) is 10.2 Å². The van der Waals surface area contributed by atoms with Crippen molar-refractivity contribution in [1.29, 1.82) is 0 Å². The second-order valence-corrected chi connectivity index (χ2v) is 6.86. The van der Waals surface area contributed by atoms with Crippen LogP contribution >= 0.6 is 0 Å².